The molecular formula is C9H9ClN2O. The molecule has 0 atom stereocenters. The summed E-state index contributed by atoms with van der Waals surface area (Å²) in [6, 6.07) is 8.10. The fourth-order valence-corrected chi connectivity index (χ4v) is 1.32. The molecule has 1 aromatic heterocycles. The van der Waals surface area contributed by atoms with Crippen LogP contribution in [-0.2, 0) is 11.5 Å². The van der Waals surface area contributed by atoms with Crippen molar-refractivity contribution in [3.05, 3.63) is 30.6 Å². The lowest BCUT2D eigenvalue weighted by Gasteiger charge is -2.01. The Kier molecular flexibility index (Phi) is 2.47. The van der Waals surface area contributed by atoms with Crippen molar-refractivity contribution in [2.45, 2.75) is 6.73 Å². The van der Waals surface area contributed by atoms with Gasteiger partial charge in [0.25, 0.3) is 0 Å². The molecule has 2 rings (SSSR count). The van der Waals surface area contributed by atoms with E-state index in [1.807, 2.05) is 28.8 Å². The summed E-state index contributed by atoms with van der Waals surface area (Å²) in [6.45, 7) is 0.448. The first-order chi connectivity index (χ1) is 6.42. The Labute approximate surface area is 80.9 Å². The van der Waals surface area contributed by atoms with Crippen LogP contribution in [0.1, 0.15) is 0 Å². The van der Waals surface area contributed by atoms with Crippen molar-refractivity contribution in [2.75, 3.05) is 6.07 Å². The molecular weight excluding hydrogens is 188 g/mol. The number of aromatic nitrogens is 2. The van der Waals surface area contributed by atoms with Gasteiger partial charge < -0.3 is 9.30 Å². The molecule has 0 unspecified atom stereocenters. The number of nitrogens with zero attached hydrogens (tertiary/aromatic N) is 2. The third kappa shape index (κ3) is 1.66. The van der Waals surface area contributed by atoms with E-state index in [0.29, 0.717) is 6.73 Å². The van der Waals surface area contributed by atoms with Crippen LogP contribution in [0.5, 0.6) is 0 Å². The number of fused-ring (bicyclic) bond motifs is 1. The molecule has 0 saturated carbocycles. The highest BCUT2D eigenvalue weighted by Gasteiger charge is 1.99. The maximum atomic E-state index is 5.41. The first-order valence-corrected chi connectivity index (χ1v) is 4.49. The van der Waals surface area contributed by atoms with Crippen molar-refractivity contribution in [2.24, 2.45) is 0 Å². The van der Waals surface area contributed by atoms with Crippen LogP contribution in [0.25, 0.3) is 11.0 Å². The molecule has 1 aromatic carbocycles. The van der Waals surface area contributed by atoms with Crippen molar-refractivity contribution in [3.63, 3.8) is 0 Å². The molecule has 2 aromatic rings. The van der Waals surface area contributed by atoms with Gasteiger partial charge in [0.15, 0.2) is 0 Å². The summed E-state index contributed by atoms with van der Waals surface area (Å²) in [5, 5.41) is 0. The largest absolute Gasteiger partial charge is 0.345 e. The number of halogens is 1. The molecule has 0 spiro atoms. The summed E-state index contributed by atoms with van der Waals surface area (Å²) < 4.78 is 6.99. The summed E-state index contributed by atoms with van der Waals surface area (Å²) >= 11 is 5.41. The van der Waals surface area contributed by atoms with E-state index in [1.54, 1.807) is 6.33 Å². The number of hydrogen-bond acceptors (Lipinski definition) is 2. The number of alkyl halides is 1. The zero-order valence-electron chi connectivity index (χ0n) is 6.98. The molecule has 0 bridgehead atoms. The van der Waals surface area contributed by atoms with E-state index in [2.05, 4.69) is 4.98 Å². The van der Waals surface area contributed by atoms with Crippen LogP contribution in [-0.4, -0.2) is 15.6 Å². The molecule has 0 aliphatic rings. The lowest BCUT2D eigenvalue weighted by Crippen LogP contribution is -1.99. The van der Waals surface area contributed by atoms with Crippen molar-refractivity contribution in [1.29, 1.82) is 0 Å². The average Bonchev–Trinajstić information content (AvgIpc) is 2.58. The smallest absolute Gasteiger partial charge is 0.125 e. The van der Waals surface area contributed by atoms with Crippen LogP contribution in [0.2, 0.25) is 0 Å². The van der Waals surface area contributed by atoms with E-state index in [1.165, 1.54) is 0 Å². The van der Waals surface area contributed by atoms with Gasteiger partial charge in [0.05, 0.1) is 17.4 Å². The predicted octanol–water partition coefficient (Wildman–Crippen LogP) is 2.21. The van der Waals surface area contributed by atoms with E-state index in [0.717, 1.165) is 11.0 Å². The molecule has 0 fully saturated rings. The fourth-order valence-electron chi connectivity index (χ4n) is 1.25. The second kappa shape index (κ2) is 3.77. The maximum Gasteiger partial charge on any atom is 0.125 e. The second-order valence-electron chi connectivity index (χ2n) is 2.65. The van der Waals surface area contributed by atoms with Gasteiger partial charge in [0, 0.05) is 0 Å². The molecule has 1 heterocycles. The van der Waals surface area contributed by atoms with Gasteiger partial charge in [-0.25, -0.2) is 4.98 Å². The SMILES string of the molecule is ClCOCn1cnc2ccccc21. The average molecular weight is 197 g/mol. The van der Waals surface area contributed by atoms with Gasteiger partial charge in [-0.3, -0.25) is 0 Å². The molecule has 0 aliphatic heterocycles. The van der Waals surface area contributed by atoms with Crippen molar-refractivity contribution >= 4 is 22.6 Å². The highest BCUT2D eigenvalue weighted by atomic mass is 35.5. The quantitative estimate of drug-likeness (QED) is 0.704. The highest BCUT2D eigenvalue weighted by molar-refractivity contribution is 6.17. The maximum absolute atomic E-state index is 5.41. The van der Waals surface area contributed by atoms with Gasteiger partial charge in [-0.2, -0.15) is 0 Å². The van der Waals surface area contributed by atoms with Crippen LogP contribution >= 0.6 is 11.6 Å². The summed E-state index contributed by atoms with van der Waals surface area (Å²) in [4.78, 5) is 4.21. The van der Waals surface area contributed by atoms with Crippen LogP contribution in [0.4, 0.5) is 0 Å². The molecule has 4 heteroatoms. The molecule has 68 valence electrons. The van der Waals surface area contributed by atoms with Crippen molar-refractivity contribution in [1.82, 2.24) is 9.55 Å². The topological polar surface area (TPSA) is 27.1 Å². The van der Waals surface area contributed by atoms with Crippen molar-refractivity contribution in [3.8, 4) is 0 Å². The molecule has 0 N–H and O–H groups in total. The van der Waals surface area contributed by atoms with Gasteiger partial charge in [-0.15, -0.1) is 0 Å². The third-order valence-electron chi connectivity index (χ3n) is 1.83. The van der Waals surface area contributed by atoms with Crippen LogP contribution < -0.4 is 0 Å². The summed E-state index contributed by atoms with van der Waals surface area (Å²) in [7, 11) is 0. The van der Waals surface area contributed by atoms with Crippen LogP contribution in [0, 0.1) is 0 Å². The predicted molar refractivity (Wildman–Crippen MR) is 51.5 cm³/mol. The first kappa shape index (κ1) is 8.53. The van der Waals surface area contributed by atoms with E-state index in [9.17, 15) is 0 Å². The zero-order chi connectivity index (χ0) is 9.10. The number of rotatable bonds is 3. The van der Waals surface area contributed by atoms with Gasteiger partial charge >= 0.3 is 0 Å². The number of ether oxygens (including phenoxy) is 1. The van der Waals surface area contributed by atoms with E-state index >= 15 is 0 Å². The lowest BCUT2D eigenvalue weighted by molar-refractivity contribution is 0.117. The Balaban J connectivity index is 2.35. The molecule has 0 aliphatic carbocycles. The minimum Gasteiger partial charge on any atom is -0.345 e. The Morgan fingerprint density at radius 3 is 3.08 bits per heavy atom. The standard InChI is InChI=1S/C9H9ClN2O/c10-5-13-7-12-6-11-8-3-1-2-4-9(8)12/h1-4,6H,5,7H2. The molecule has 13 heavy (non-hydrogen) atoms. The number of para-hydroxylation sites is 2. The van der Waals surface area contributed by atoms with E-state index in [-0.39, 0.29) is 6.07 Å². The van der Waals surface area contributed by atoms with Gasteiger partial charge in [0.1, 0.15) is 12.8 Å². The highest BCUT2D eigenvalue weighted by Crippen LogP contribution is 2.11. The number of hydrogen-bond donors (Lipinski definition) is 0. The summed E-state index contributed by atoms with van der Waals surface area (Å²) in [6.07, 6.45) is 1.75. The minimum absolute atomic E-state index is 0.201. The van der Waals surface area contributed by atoms with Crippen LogP contribution in [0.15, 0.2) is 30.6 Å². The first-order valence-electron chi connectivity index (χ1n) is 3.95. The van der Waals surface area contributed by atoms with E-state index in [4.69, 9.17) is 16.3 Å². The van der Waals surface area contributed by atoms with Gasteiger partial charge in [-0.1, -0.05) is 23.7 Å². The second-order valence-corrected chi connectivity index (χ2v) is 2.86. The normalized spacial score (nSPS) is 10.8. The minimum atomic E-state index is 0.201. The Morgan fingerprint density at radius 2 is 2.23 bits per heavy atom. The monoisotopic (exact) mass is 196 g/mol. The van der Waals surface area contributed by atoms with E-state index < -0.39 is 0 Å². The Bertz CT molecular complexity index is 399. The summed E-state index contributed by atoms with van der Waals surface area (Å²) in [5.41, 5.74) is 2.04. The van der Waals surface area contributed by atoms with Gasteiger partial charge in [0.2, 0.25) is 0 Å². The third-order valence-corrected chi connectivity index (χ3v) is 1.99. The molecule has 0 radical (unpaired) electrons. The van der Waals surface area contributed by atoms with Crippen molar-refractivity contribution < 1.29 is 4.74 Å². The number of benzene rings is 1. The summed E-state index contributed by atoms with van der Waals surface area (Å²) in [5.74, 6) is 0. The fraction of sp³-hybridized carbons (Fsp3) is 0.222. The van der Waals surface area contributed by atoms with Gasteiger partial charge in [-0.05, 0) is 12.1 Å². The molecule has 0 amide bonds. The zero-order valence-corrected chi connectivity index (χ0v) is 7.74. The Hall–Kier alpha value is -1.06. The Morgan fingerprint density at radius 1 is 1.38 bits per heavy atom. The molecule has 3 nitrogen and oxygen atoms in total. The van der Waals surface area contributed by atoms with Crippen LogP contribution in [0.3, 0.4) is 0 Å². The lowest BCUT2D eigenvalue weighted by atomic mass is 10.3. The number of imidazole rings is 1. The molecule has 0 saturated heterocycles.